The molecule has 18 heavy (non-hydrogen) atoms. The van der Waals surface area contributed by atoms with Crippen molar-refractivity contribution in [3.63, 3.8) is 0 Å². The van der Waals surface area contributed by atoms with Gasteiger partial charge in [0.1, 0.15) is 12.0 Å². The molecule has 94 valence electrons. The van der Waals surface area contributed by atoms with E-state index < -0.39 is 35.2 Å². The topological polar surface area (TPSA) is 67.8 Å². The van der Waals surface area contributed by atoms with Crippen molar-refractivity contribution >= 4 is 0 Å². The van der Waals surface area contributed by atoms with E-state index in [0.29, 0.717) is 12.1 Å². The Kier molecular flexibility index (Phi) is 3.00. The van der Waals surface area contributed by atoms with Gasteiger partial charge in [-0.15, -0.1) is 0 Å². The van der Waals surface area contributed by atoms with E-state index >= 15 is 0 Å². The summed E-state index contributed by atoms with van der Waals surface area (Å²) in [6.07, 6.45) is 0.819. The molecule has 0 aliphatic heterocycles. The van der Waals surface area contributed by atoms with Crippen molar-refractivity contribution in [1.82, 2.24) is 14.8 Å². The van der Waals surface area contributed by atoms with Gasteiger partial charge in [-0.3, -0.25) is 9.78 Å². The summed E-state index contributed by atoms with van der Waals surface area (Å²) in [4.78, 5) is 23.9. The molecule has 8 heteroatoms. The van der Waals surface area contributed by atoms with E-state index in [1.807, 2.05) is 4.98 Å². The van der Waals surface area contributed by atoms with Gasteiger partial charge in [0.25, 0.3) is 5.56 Å². The number of halogens is 3. The van der Waals surface area contributed by atoms with Crippen LogP contribution in [-0.2, 0) is 6.54 Å². The lowest BCUT2D eigenvalue weighted by molar-refractivity contribution is 0.483. The Bertz CT molecular complexity index is 708. The zero-order chi connectivity index (χ0) is 13.3. The molecule has 0 aliphatic carbocycles. The van der Waals surface area contributed by atoms with E-state index in [9.17, 15) is 22.8 Å². The highest BCUT2D eigenvalue weighted by molar-refractivity contribution is 5.20. The predicted molar refractivity (Wildman–Crippen MR) is 54.5 cm³/mol. The molecule has 0 bridgehead atoms. The number of nitrogens with one attached hydrogen (secondary N) is 1. The number of aromatic nitrogens is 3. The van der Waals surface area contributed by atoms with Gasteiger partial charge in [0, 0.05) is 11.6 Å². The minimum absolute atomic E-state index is 0.254. The van der Waals surface area contributed by atoms with Gasteiger partial charge in [-0.1, -0.05) is 0 Å². The average molecular weight is 257 g/mol. The largest absolute Gasteiger partial charge is 0.345 e. The van der Waals surface area contributed by atoms with Crippen LogP contribution in [0.25, 0.3) is 0 Å². The Morgan fingerprint density at radius 2 is 1.78 bits per heavy atom. The van der Waals surface area contributed by atoms with Crippen molar-refractivity contribution in [3.05, 3.63) is 62.2 Å². The first kappa shape index (κ1) is 12.1. The molecule has 1 heterocycles. The molecule has 0 radical (unpaired) electrons. The first-order chi connectivity index (χ1) is 8.47. The first-order valence-corrected chi connectivity index (χ1v) is 4.77. The Morgan fingerprint density at radius 1 is 1.11 bits per heavy atom. The van der Waals surface area contributed by atoms with Crippen LogP contribution in [0.3, 0.4) is 0 Å². The smallest absolute Gasteiger partial charge is 0.271 e. The van der Waals surface area contributed by atoms with Crippen LogP contribution in [0.2, 0.25) is 0 Å². The number of aromatic amines is 1. The van der Waals surface area contributed by atoms with Gasteiger partial charge in [-0.25, -0.2) is 22.6 Å². The highest BCUT2D eigenvalue weighted by atomic mass is 19.2. The van der Waals surface area contributed by atoms with Crippen molar-refractivity contribution in [2.45, 2.75) is 6.54 Å². The minimum atomic E-state index is -1.32. The SMILES string of the molecule is O=c1cnn(Cc2cc(F)c(F)cc2F)c(=O)[nH]1. The molecule has 0 unspecified atom stereocenters. The predicted octanol–water partition coefficient (Wildman–Crippen LogP) is 0.397. The lowest BCUT2D eigenvalue weighted by Gasteiger charge is -2.05. The molecule has 0 atom stereocenters. The summed E-state index contributed by atoms with van der Waals surface area (Å²) in [5, 5.41) is 3.44. The zero-order valence-corrected chi connectivity index (χ0v) is 8.78. The Morgan fingerprint density at radius 3 is 2.44 bits per heavy atom. The summed E-state index contributed by atoms with van der Waals surface area (Å²) in [6, 6.07) is 1.01. The molecule has 1 aromatic heterocycles. The maximum Gasteiger partial charge on any atom is 0.345 e. The van der Waals surface area contributed by atoms with Crippen LogP contribution >= 0.6 is 0 Å². The Balaban J connectivity index is 2.43. The second kappa shape index (κ2) is 4.47. The molecule has 0 spiro atoms. The van der Waals surface area contributed by atoms with Gasteiger partial charge in [0.2, 0.25) is 0 Å². The number of hydrogen-bond acceptors (Lipinski definition) is 3. The van der Waals surface area contributed by atoms with Crippen LogP contribution < -0.4 is 11.2 Å². The van der Waals surface area contributed by atoms with E-state index in [-0.39, 0.29) is 5.56 Å². The van der Waals surface area contributed by atoms with Gasteiger partial charge in [0.15, 0.2) is 11.6 Å². The van der Waals surface area contributed by atoms with Crippen molar-refractivity contribution in [3.8, 4) is 0 Å². The Hall–Kier alpha value is -2.38. The summed E-state index contributed by atoms with van der Waals surface area (Å²) >= 11 is 0. The molecule has 0 aliphatic rings. The van der Waals surface area contributed by atoms with Gasteiger partial charge in [0.05, 0.1) is 6.54 Å². The molecule has 5 nitrogen and oxygen atoms in total. The maximum atomic E-state index is 13.3. The monoisotopic (exact) mass is 257 g/mol. The number of benzene rings is 1. The fourth-order valence-electron chi connectivity index (χ4n) is 1.34. The molecule has 2 rings (SSSR count). The van der Waals surface area contributed by atoms with E-state index in [1.54, 1.807) is 0 Å². The van der Waals surface area contributed by atoms with E-state index in [0.717, 1.165) is 10.9 Å². The van der Waals surface area contributed by atoms with Crippen molar-refractivity contribution in [2.24, 2.45) is 0 Å². The van der Waals surface area contributed by atoms with Gasteiger partial charge >= 0.3 is 5.69 Å². The van der Waals surface area contributed by atoms with E-state index in [2.05, 4.69) is 5.10 Å². The second-order valence-electron chi connectivity index (χ2n) is 3.45. The molecule has 0 saturated heterocycles. The third kappa shape index (κ3) is 2.31. The molecule has 2 aromatic rings. The Labute approximate surface area is 97.5 Å². The maximum absolute atomic E-state index is 13.3. The highest BCUT2D eigenvalue weighted by Gasteiger charge is 2.11. The molecular weight excluding hydrogens is 251 g/mol. The van der Waals surface area contributed by atoms with Gasteiger partial charge < -0.3 is 0 Å². The highest BCUT2D eigenvalue weighted by Crippen LogP contribution is 2.13. The lowest BCUT2D eigenvalue weighted by atomic mass is 10.2. The minimum Gasteiger partial charge on any atom is -0.271 e. The summed E-state index contributed by atoms with van der Waals surface area (Å²) < 4.78 is 39.6. The fraction of sp³-hybridized carbons (Fsp3) is 0.100. The fourth-order valence-corrected chi connectivity index (χ4v) is 1.34. The number of nitrogens with zero attached hydrogens (tertiary/aromatic N) is 2. The van der Waals surface area contributed by atoms with E-state index in [4.69, 9.17) is 0 Å². The zero-order valence-electron chi connectivity index (χ0n) is 8.78. The molecule has 1 aromatic carbocycles. The lowest BCUT2D eigenvalue weighted by Crippen LogP contribution is -2.32. The third-order valence-electron chi connectivity index (χ3n) is 2.19. The summed E-state index contributed by atoms with van der Waals surface area (Å²) in [5.74, 6) is -3.56. The average Bonchev–Trinajstić information content (AvgIpc) is 2.29. The first-order valence-electron chi connectivity index (χ1n) is 4.77. The van der Waals surface area contributed by atoms with Crippen LogP contribution in [0.4, 0.5) is 13.2 Å². The standard InChI is InChI=1S/C10H6F3N3O2/c11-6-2-8(13)7(12)1-5(6)4-16-10(18)15-9(17)3-14-16/h1-3H,4H2,(H,15,17,18). The summed E-state index contributed by atoms with van der Waals surface area (Å²) in [5.41, 5.74) is -1.83. The third-order valence-corrected chi connectivity index (χ3v) is 2.19. The van der Waals surface area contributed by atoms with Crippen LogP contribution in [0, 0.1) is 17.5 Å². The van der Waals surface area contributed by atoms with Crippen LogP contribution in [0.1, 0.15) is 5.56 Å². The quantitative estimate of drug-likeness (QED) is 0.792. The van der Waals surface area contributed by atoms with Crippen molar-refractivity contribution < 1.29 is 13.2 Å². The summed E-state index contributed by atoms with van der Waals surface area (Å²) in [7, 11) is 0. The van der Waals surface area contributed by atoms with Crippen molar-refractivity contribution in [1.29, 1.82) is 0 Å². The van der Waals surface area contributed by atoms with E-state index in [1.165, 1.54) is 0 Å². The second-order valence-corrected chi connectivity index (χ2v) is 3.45. The van der Waals surface area contributed by atoms with Crippen molar-refractivity contribution in [2.75, 3.05) is 0 Å². The van der Waals surface area contributed by atoms with Crippen LogP contribution in [0.15, 0.2) is 27.9 Å². The number of H-pyrrole nitrogens is 1. The molecule has 1 N–H and O–H groups in total. The van der Waals surface area contributed by atoms with Gasteiger partial charge in [-0.05, 0) is 6.07 Å². The summed E-state index contributed by atoms with van der Waals surface area (Å²) in [6.45, 7) is -0.418. The van der Waals surface area contributed by atoms with Crippen LogP contribution in [-0.4, -0.2) is 14.8 Å². The number of rotatable bonds is 2. The molecule has 0 saturated carbocycles. The molecular formula is C10H6F3N3O2. The normalized spacial score (nSPS) is 10.6. The van der Waals surface area contributed by atoms with Gasteiger partial charge in [-0.2, -0.15) is 5.10 Å². The molecule has 0 fully saturated rings. The molecule has 0 amide bonds. The number of hydrogen-bond donors (Lipinski definition) is 1. The van der Waals surface area contributed by atoms with Crippen LogP contribution in [0.5, 0.6) is 0 Å².